The van der Waals surface area contributed by atoms with Crippen molar-refractivity contribution in [1.82, 2.24) is 10.6 Å². The summed E-state index contributed by atoms with van der Waals surface area (Å²) in [4.78, 5) is 28.8. The zero-order chi connectivity index (χ0) is 19.8. The molecule has 2 amide bonds. The summed E-state index contributed by atoms with van der Waals surface area (Å²) >= 11 is 0. The van der Waals surface area contributed by atoms with E-state index in [9.17, 15) is 9.59 Å². The molecular weight excluding hydrogens is 346 g/mol. The average Bonchev–Trinajstić information content (AvgIpc) is 2.67. The number of aliphatic hydroxyl groups is 1. The van der Waals surface area contributed by atoms with Gasteiger partial charge in [-0.2, -0.15) is 0 Å². The summed E-state index contributed by atoms with van der Waals surface area (Å²) in [6.45, 7) is 4.53. The Morgan fingerprint density at radius 2 is 1.67 bits per heavy atom. The van der Waals surface area contributed by atoms with Gasteiger partial charge >= 0.3 is 11.8 Å². The molecule has 0 saturated carbocycles. The molecular formula is C19H33N5O3+2. The number of amides is 2. The van der Waals surface area contributed by atoms with Crippen molar-refractivity contribution >= 4 is 17.5 Å². The third-order valence-electron chi connectivity index (χ3n) is 5.12. The Labute approximate surface area is 161 Å². The van der Waals surface area contributed by atoms with Crippen molar-refractivity contribution in [3.05, 3.63) is 29.8 Å². The van der Waals surface area contributed by atoms with Gasteiger partial charge in [0.2, 0.25) is 0 Å². The first kappa shape index (κ1) is 21.1. The number of piperazine rings is 1. The van der Waals surface area contributed by atoms with Crippen LogP contribution in [-0.2, 0) is 9.59 Å². The molecule has 1 saturated heterocycles. The fourth-order valence-corrected chi connectivity index (χ4v) is 3.37. The maximum atomic E-state index is 12.0. The van der Waals surface area contributed by atoms with Crippen LogP contribution in [-0.4, -0.2) is 83.9 Å². The first-order valence-electron chi connectivity index (χ1n) is 9.52. The van der Waals surface area contributed by atoms with E-state index in [1.54, 1.807) is 0 Å². The summed E-state index contributed by atoms with van der Waals surface area (Å²) in [7, 11) is 6.21. The van der Waals surface area contributed by atoms with Gasteiger partial charge in [-0.1, -0.05) is 12.1 Å². The molecule has 1 atom stereocenters. The van der Waals surface area contributed by atoms with E-state index >= 15 is 0 Å². The second-order valence-electron chi connectivity index (χ2n) is 7.34. The van der Waals surface area contributed by atoms with Gasteiger partial charge in [-0.05, 0) is 12.1 Å². The molecule has 1 aliphatic rings. The van der Waals surface area contributed by atoms with Gasteiger partial charge in [-0.25, -0.2) is 0 Å². The Hall–Kier alpha value is -2.16. The topological polar surface area (TPSA) is 90.5 Å². The van der Waals surface area contributed by atoms with Crippen LogP contribution in [0.25, 0.3) is 0 Å². The first-order chi connectivity index (χ1) is 12.9. The zero-order valence-corrected chi connectivity index (χ0v) is 16.5. The van der Waals surface area contributed by atoms with Crippen molar-refractivity contribution in [3.63, 3.8) is 0 Å². The van der Waals surface area contributed by atoms with Crippen molar-refractivity contribution in [2.24, 2.45) is 0 Å². The Morgan fingerprint density at radius 3 is 2.22 bits per heavy atom. The summed E-state index contributed by atoms with van der Waals surface area (Å²) in [6, 6.07) is 8.48. The molecule has 0 unspecified atom stereocenters. The van der Waals surface area contributed by atoms with E-state index in [1.165, 1.54) is 9.80 Å². The summed E-state index contributed by atoms with van der Waals surface area (Å²) in [5.41, 5.74) is 2.29. The van der Waals surface area contributed by atoms with Gasteiger partial charge in [-0.15, -0.1) is 0 Å². The van der Waals surface area contributed by atoms with Gasteiger partial charge in [-0.3, -0.25) is 9.59 Å². The van der Waals surface area contributed by atoms with Gasteiger partial charge < -0.3 is 30.4 Å². The van der Waals surface area contributed by atoms with Crippen molar-refractivity contribution in [2.45, 2.75) is 6.04 Å². The molecule has 1 fully saturated rings. The quantitative estimate of drug-likeness (QED) is 0.317. The second-order valence-corrected chi connectivity index (χ2v) is 7.34. The lowest BCUT2D eigenvalue weighted by atomic mass is 10.0. The number of quaternary nitrogens is 2. The van der Waals surface area contributed by atoms with Gasteiger partial charge in [0.05, 0.1) is 20.2 Å². The van der Waals surface area contributed by atoms with Crippen LogP contribution in [0.15, 0.2) is 24.3 Å². The molecule has 5 N–H and O–H groups in total. The van der Waals surface area contributed by atoms with Crippen LogP contribution in [0.2, 0.25) is 0 Å². The Balaban J connectivity index is 2.07. The van der Waals surface area contributed by atoms with Crippen LogP contribution in [0.1, 0.15) is 11.6 Å². The van der Waals surface area contributed by atoms with E-state index in [0.717, 1.165) is 37.4 Å². The van der Waals surface area contributed by atoms with Gasteiger partial charge in [0.1, 0.15) is 32.2 Å². The number of hydrogen-bond donors (Lipinski definition) is 5. The number of benzene rings is 1. The lowest BCUT2D eigenvalue weighted by molar-refractivity contribution is -1.02. The number of hydrogen-bond acceptors (Lipinski definition) is 4. The molecule has 0 aromatic heterocycles. The molecule has 27 heavy (non-hydrogen) atoms. The predicted molar refractivity (Wildman–Crippen MR) is 104 cm³/mol. The third-order valence-corrected chi connectivity index (χ3v) is 5.12. The highest BCUT2D eigenvalue weighted by Gasteiger charge is 2.30. The number of carbonyl (C=O) groups excluding carboxylic acids is 2. The van der Waals surface area contributed by atoms with Crippen LogP contribution in [0.5, 0.6) is 0 Å². The highest BCUT2D eigenvalue weighted by Crippen LogP contribution is 2.16. The normalized spacial score (nSPS) is 20.6. The molecule has 150 valence electrons. The maximum Gasteiger partial charge on any atom is 0.309 e. The monoisotopic (exact) mass is 379 g/mol. The minimum atomic E-state index is -0.705. The van der Waals surface area contributed by atoms with Gasteiger partial charge in [0, 0.05) is 31.9 Å². The highest BCUT2D eigenvalue weighted by molar-refractivity contribution is 6.35. The summed E-state index contributed by atoms with van der Waals surface area (Å²) in [6.07, 6.45) is 0. The van der Waals surface area contributed by atoms with E-state index in [4.69, 9.17) is 5.11 Å². The van der Waals surface area contributed by atoms with Gasteiger partial charge in [0.25, 0.3) is 0 Å². The second kappa shape index (κ2) is 10.2. The number of aliphatic hydroxyl groups excluding tert-OH is 1. The minimum absolute atomic E-state index is 0.0775. The molecule has 0 aliphatic carbocycles. The zero-order valence-electron chi connectivity index (χ0n) is 16.5. The van der Waals surface area contributed by atoms with Crippen molar-refractivity contribution in [1.29, 1.82) is 0 Å². The molecule has 0 radical (unpaired) electrons. The molecule has 1 aromatic carbocycles. The molecule has 8 heteroatoms. The van der Waals surface area contributed by atoms with E-state index in [0.29, 0.717) is 6.54 Å². The smallest absolute Gasteiger partial charge is 0.309 e. The van der Waals surface area contributed by atoms with Crippen LogP contribution in [0, 0.1) is 0 Å². The highest BCUT2D eigenvalue weighted by atomic mass is 16.3. The van der Waals surface area contributed by atoms with E-state index in [1.807, 2.05) is 14.1 Å². The minimum Gasteiger partial charge on any atom is -0.395 e. The van der Waals surface area contributed by atoms with Crippen molar-refractivity contribution < 1.29 is 24.5 Å². The number of nitrogens with zero attached hydrogens (tertiary/aromatic N) is 1. The number of carbonyl (C=O) groups is 2. The average molecular weight is 380 g/mol. The summed E-state index contributed by atoms with van der Waals surface area (Å²) < 4.78 is 0. The van der Waals surface area contributed by atoms with Crippen LogP contribution >= 0.6 is 0 Å². The number of rotatable bonds is 7. The first-order valence-corrected chi connectivity index (χ1v) is 9.52. The largest absolute Gasteiger partial charge is 0.395 e. The molecule has 2 rings (SSSR count). The lowest BCUT2D eigenvalue weighted by Crippen LogP contribution is -3.27. The molecule has 8 nitrogen and oxygen atoms in total. The van der Waals surface area contributed by atoms with E-state index in [-0.39, 0.29) is 19.2 Å². The maximum absolute atomic E-state index is 12.0. The SMILES string of the molecule is CN(C)c1ccc([C@@H](CNC(=O)C(=O)NCCO)[NH+]2CC[NH+](C)CC2)cc1. The lowest BCUT2D eigenvalue weighted by Gasteiger charge is -2.33. The number of anilines is 1. The summed E-state index contributed by atoms with van der Waals surface area (Å²) in [5, 5.41) is 13.9. The fraction of sp³-hybridized carbons (Fsp3) is 0.579. The molecule has 0 spiro atoms. The van der Waals surface area contributed by atoms with Crippen molar-refractivity contribution in [3.8, 4) is 0 Å². The molecule has 1 aliphatic heterocycles. The van der Waals surface area contributed by atoms with Crippen LogP contribution in [0.4, 0.5) is 5.69 Å². The Bertz CT molecular complexity index is 612. The Kier molecular flexibility index (Phi) is 8.02. The summed E-state index contributed by atoms with van der Waals surface area (Å²) in [5.74, 6) is -1.36. The fourth-order valence-electron chi connectivity index (χ4n) is 3.37. The van der Waals surface area contributed by atoms with E-state index < -0.39 is 11.8 Å². The molecule has 1 aromatic rings. The molecule has 0 bridgehead atoms. The van der Waals surface area contributed by atoms with Crippen molar-refractivity contribution in [2.75, 3.05) is 71.9 Å². The molecule has 1 heterocycles. The standard InChI is InChI=1S/C19H31N5O3/c1-22(2)16-6-4-15(5-7-16)17(24-11-9-23(3)10-12-24)14-21-19(27)18(26)20-8-13-25/h4-7,17,25H,8-14H2,1-3H3,(H,20,26)(H,21,27)/p+2/t17-/m1/s1. The van der Waals surface area contributed by atoms with Crippen LogP contribution in [0.3, 0.4) is 0 Å². The Morgan fingerprint density at radius 1 is 1.07 bits per heavy atom. The van der Waals surface area contributed by atoms with E-state index in [2.05, 4.69) is 46.8 Å². The number of nitrogens with one attached hydrogen (secondary N) is 4. The van der Waals surface area contributed by atoms with Crippen LogP contribution < -0.4 is 25.3 Å². The number of likely N-dealkylation sites (N-methyl/N-ethyl adjacent to an activating group) is 1. The van der Waals surface area contributed by atoms with Gasteiger partial charge in [0.15, 0.2) is 0 Å². The third kappa shape index (κ3) is 6.20. The predicted octanol–water partition coefficient (Wildman–Crippen LogP) is -3.57.